The fourth-order valence-corrected chi connectivity index (χ4v) is 5.67. The lowest BCUT2D eigenvalue weighted by molar-refractivity contribution is -0.659. The van der Waals surface area contributed by atoms with Crippen molar-refractivity contribution >= 4 is 32.3 Å². The molecule has 0 radical (unpaired) electrons. The maximum absolute atomic E-state index is 15.0. The van der Waals surface area contributed by atoms with Crippen LogP contribution in [0, 0.1) is 25.1 Å². The van der Waals surface area contributed by atoms with E-state index in [1.54, 1.807) is 6.07 Å². The molecule has 2 heterocycles. The molecule has 1 aromatic heterocycles. The van der Waals surface area contributed by atoms with E-state index < -0.39 is 0 Å². The van der Waals surface area contributed by atoms with Crippen LogP contribution in [0.25, 0.3) is 43.6 Å². The number of benzene rings is 4. The normalized spacial score (nSPS) is 12.9. The Kier molecular flexibility index (Phi) is 4.36. The van der Waals surface area contributed by atoms with Crippen LogP contribution in [0.15, 0.2) is 54.7 Å². The summed E-state index contributed by atoms with van der Waals surface area (Å²) in [6, 6.07) is 16.0. The van der Waals surface area contributed by atoms with Gasteiger partial charge in [0.05, 0.1) is 10.9 Å². The molecule has 0 saturated heterocycles. The molecule has 6 rings (SSSR count). The summed E-state index contributed by atoms with van der Waals surface area (Å²) in [5.41, 5.74) is 5.98. The number of rotatable bonds is 1. The summed E-state index contributed by atoms with van der Waals surface area (Å²) in [5.74, 6) is 1.54. The number of aromatic nitrogens is 1. The van der Waals surface area contributed by atoms with Gasteiger partial charge in [0.2, 0.25) is 5.69 Å². The number of nitrogens with zero attached hydrogens (tertiary/aromatic N) is 1. The third-order valence-corrected chi connectivity index (χ3v) is 7.11. The summed E-state index contributed by atoms with van der Waals surface area (Å²) >= 11 is 0. The van der Waals surface area contributed by atoms with Gasteiger partial charge < -0.3 is 4.74 Å². The molecule has 1 aliphatic heterocycles. The molecule has 0 fully saturated rings. The fraction of sp³-hybridized carbons (Fsp3) is 0.258. The number of pyridine rings is 1. The standard InChI is InChI=1S/C31H29FNO/c1-17-10-11-20-22(14-17)18(2)26-29-28-21(12-13-33(29)6)27-19(8-7-9-24(27)32)15-25(28)34-30(26)23(20)16-31(3,4)5/h7-15H,16H2,1-6H3/q+1. The second-order valence-corrected chi connectivity index (χ2v) is 11.0. The van der Waals surface area contributed by atoms with Crippen LogP contribution in [0.5, 0.6) is 11.5 Å². The molecule has 1 aliphatic rings. The van der Waals surface area contributed by atoms with Crippen molar-refractivity contribution in [2.24, 2.45) is 12.5 Å². The van der Waals surface area contributed by atoms with E-state index in [9.17, 15) is 0 Å². The van der Waals surface area contributed by atoms with E-state index in [0.717, 1.165) is 45.3 Å². The van der Waals surface area contributed by atoms with Crippen LogP contribution in [-0.4, -0.2) is 0 Å². The Hall–Kier alpha value is -3.46. The van der Waals surface area contributed by atoms with Gasteiger partial charge in [0.25, 0.3) is 0 Å². The summed E-state index contributed by atoms with van der Waals surface area (Å²) in [7, 11) is 2.07. The van der Waals surface area contributed by atoms with Gasteiger partial charge >= 0.3 is 0 Å². The quantitative estimate of drug-likeness (QED) is 0.182. The molecule has 0 atom stereocenters. The number of hydrogen-bond donors (Lipinski definition) is 0. The molecule has 0 unspecified atom stereocenters. The zero-order valence-corrected chi connectivity index (χ0v) is 20.6. The third kappa shape index (κ3) is 2.96. The summed E-state index contributed by atoms with van der Waals surface area (Å²) in [6.45, 7) is 11.1. The van der Waals surface area contributed by atoms with Gasteiger partial charge in [-0.15, -0.1) is 0 Å². The van der Waals surface area contributed by atoms with E-state index in [4.69, 9.17) is 4.74 Å². The van der Waals surface area contributed by atoms with Crippen molar-refractivity contribution in [2.45, 2.75) is 41.0 Å². The van der Waals surface area contributed by atoms with E-state index in [-0.39, 0.29) is 11.2 Å². The Morgan fingerprint density at radius 2 is 1.71 bits per heavy atom. The van der Waals surface area contributed by atoms with Gasteiger partial charge in [-0.25, -0.2) is 8.96 Å². The molecule has 0 bridgehead atoms. The van der Waals surface area contributed by atoms with Crippen LogP contribution in [0.1, 0.15) is 37.5 Å². The van der Waals surface area contributed by atoms with Crippen molar-refractivity contribution < 1.29 is 13.7 Å². The van der Waals surface area contributed by atoms with Crippen molar-refractivity contribution in [3.05, 3.63) is 77.2 Å². The lowest BCUT2D eigenvalue weighted by atomic mass is 9.81. The second-order valence-electron chi connectivity index (χ2n) is 11.0. The average molecular weight is 451 g/mol. The topological polar surface area (TPSA) is 13.1 Å². The predicted molar refractivity (Wildman–Crippen MR) is 138 cm³/mol. The van der Waals surface area contributed by atoms with Crippen LogP contribution in [0.4, 0.5) is 4.39 Å². The Morgan fingerprint density at radius 1 is 0.912 bits per heavy atom. The molecule has 34 heavy (non-hydrogen) atoms. The van der Waals surface area contributed by atoms with Gasteiger partial charge in [-0.1, -0.05) is 56.7 Å². The second kappa shape index (κ2) is 7.02. The lowest BCUT2D eigenvalue weighted by Gasteiger charge is -2.28. The molecule has 2 nitrogen and oxygen atoms in total. The monoisotopic (exact) mass is 450 g/mol. The number of fused-ring (bicyclic) bond motifs is 5. The first kappa shape index (κ1) is 21.1. The lowest BCUT2D eigenvalue weighted by Crippen LogP contribution is -2.32. The minimum absolute atomic E-state index is 0.0885. The average Bonchev–Trinajstić information content (AvgIpc) is 2.77. The Balaban J connectivity index is 1.84. The molecular formula is C31H29FNO+. The van der Waals surface area contributed by atoms with Crippen molar-refractivity contribution in [1.82, 2.24) is 0 Å². The van der Waals surface area contributed by atoms with Crippen LogP contribution in [0.2, 0.25) is 0 Å². The number of aryl methyl sites for hydroxylation is 3. The fourth-order valence-electron chi connectivity index (χ4n) is 5.67. The van der Waals surface area contributed by atoms with Crippen molar-refractivity contribution in [2.75, 3.05) is 0 Å². The summed E-state index contributed by atoms with van der Waals surface area (Å²) in [6.07, 6.45) is 2.94. The predicted octanol–water partition coefficient (Wildman–Crippen LogP) is 8.09. The van der Waals surface area contributed by atoms with Crippen molar-refractivity contribution in [3.8, 4) is 22.8 Å². The molecule has 0 N–H and O–H groups in total. The molecule has 0 aliphatic carbocycles. The highest BCUT2D eigenvalue weighted by atomic mass is 19.1. The van der Waals surface area contributed by atoms with Crippen LogP contribution in [0.3, 0.4) is 0 Å². The van der Waals surface area contributed by atoms with Crippen molar-refractivity contribution in [1.29, 1.82) is 0 Å². The minimum Gasteiger partial charge on any atom is -0.455 e. The molecule has 170 valence electrons. The molecule has 0 amide bonds. The smallest absolute Gasteiger partial charge is 0.228 e. The maximum Gasteiger partial charge on any atom is 0.228 e. The minimum atomic E-state index is -0.200. The SMILES string of the molecule is Cc1ccc2c(CC(C)(C)C)c3c(c(C)c2c1)-c1c2c(cc4cccc(F)c4c2cc[n+]1C)O3. The molecule has 3 heteroatoms. The van der Waals surface area contributed by atoms with E-state index in [2.05, 4.69) is 64.4 Å². The van der Waals surface area contributed by atoms with Crippen LogP contribution >= 0.6 is 0 Å². The van der Waals surface area contributed by atoms with E-state index in [1.807, 2.05) is 24.4 Å². The Bertz CT molecular complexity index is 1670. The van der Waals surface area contributed by atoms with Crippen LogP contribution in [-0.2, 0) is 13.5 Å². The first-order chi connectivity index (χ1) is 16.1. The van der Waals surface area contributed by atoms with E-state index >= 15 is 4.39 Å². The van der Waals surface area contributed by atoms with Gasteiger partial charge in [0.15, 0.2) is 6.20 Å². The largest absolute Gasteiger partial charge is 0.455 e. The zero-order valence-electron chi connectivity index (χ0n) is 20.6. The van der Waals surface area contributed by atoms with E-state index in [1.165, 1.54) is 33.5 Å². The highest BCUT2D eigenvalue weighted by Crippen LogP contribution is 2.52. The summed E-state index contributed by atoms with van der Waals surface area (Å²) in [5, 5.41) is 5.89. The molecule has 0 saturated carbocycles. The van der Waals surface area contributed by atoms with E-state index in [0.29, 0.717) is 5.39 Å². The Labute approximate surface area is 199 Å². The highest BCUT2D eigenvalue weighted by Gasteiger charge is 2.34. The van der Waals surface area contributed by atoms with Gasteiger partial charge in [0.1, 0.15) is 24.4 Å². The van der Waals surface area contributed by atoms with Gasteiger partial charge in [0, 0.05) is 22.4 Å². The first-order valence-corrected chi connectivity index (χ1v) is 11.9. The molecule has 4 aromatic carbocycles. The number of halogens is 1. The van der Waals surface area contributed by atoms with Gasteiger partial charge in [-0.3, -0.25) is 0 Å². The number of ether oxygens (including phenoxy) is 1. The van der Waals surface area contributed by atoms with Crippen molar-refractivity contribution in [3.63, 3.8) is 0 Å². The molecule has 0 spiro atoms. The summed E-state index contributed by atoms with van der Waals surface area (Å²) < 4.78 is 24.0. The van der Waals surface area contributed by atoms with Gasteiger partial charge in [-0.2, -0.15) is 0 Å². The number of hydrogen-bond acceptors (Lipinski definition) is 1. The third-order valence-electron chi connectivity index (χ3n) is 7.11. The molecular weight excluding hydrogens is 421 g/mol. The Morgan fingerprint density at radius 3 is 2.47 bits per heavy atom. The van der Waals surface area contributed by atoms with Crippen LogP contribution < -0.4 is 9.30 Å². The first-order valence-electron chi connectivity index (χ1n) is 11.9. The summed E-state index contributed by atoms with van der Waals surface area (Å²) in [4.78, 5) is 0. The maximum atomic E-state index is 15.0. The molecule has 5 aromatic rings. The van der Waals surface area contributed by atoms with Gasteiger partial charge in [-0.05, 0) is 59.5 Å². The highest BCUT2D eigenvalue weighted by molar-refractivity contribution is 6.16. The zero-order chi connectivity index (χ0) is 23.9.